The average Bonchev–Trinajstić information content (AvgIpc) is 2.92. The Bertz CT molecular complexity index is 858. The van der Waals surface area contributed by atoms with Crippen LogP contribution in [0.5, 0.6) is 5.75 Å². The molecule has 0 bridgehead atoms. The molecule has 0 atom stereocenters. The summed E-state index contributed by atoms with van der Waals surface area (Å²) in [5.41, 5.74) is 5.06. The Labute approximate surface area is 140 Å². The van der Waals surface area contributed by atoms with Crippen molar-refractivity contribution < 1.29 is 9.50 Å². The van der Waals surface area contributed by atoms with Gasteiger partial charge in [-0.25, -0.2) is 9.07 Å². The van der Waals surface area contributed by atoms with Crippen molar-refractivity contribution in [3.63, 3.8) is 0 Å². The van der Waals surface area contributed by atoms with Crippen molar-refractivity contribution in [2.24, 2.45) is 0 Å². The van der Waals surface area contributed by atoms with Crippen molar-refractivity contribution in [1.29, 1.82) is 0 Å². The number of hydrogen-bond acceptors (Lipinski definition) is 3. The molecule has 0 radical (unpaired) electrons. The predicted octanol–water partition coefficient (Wildman–Crippen LogP) is 3.62. The van der Waals surface area contributed by atoms with Crippen molar-refractivity contribution in [3.8, 4) is 11.4 Å². The normalized spacial score (nSPS) is 11.0. The number of rotatable bonds is 5. The molecule has 0 amide bonds. The Kier molecular flexibility index (Phi) is 4.62. The molecule has 4 nitrogen and oxygen atoms in total. The second-order valence-corrected chi connectivity index (χ2v) is 5.91. The molecule has 0 fully saturated rings. The first-order valence-electron chi connectivity index (χ1n) is 7.83. The highest BCUT2D eigenvalue weighted by Crippen LogP contribution is 2.17. The van der Waals surface area contributed by atoms with E-state index >= 15 is 0 Å². The number of hydrogen-bond donors (Lipinski definition) is 2. The third-order valence-corrected chi connectivity index (χ3v) is 3.92. The first kappa shape index (κ1) is 16.2. The predicted molar refractivity (Wildman–Crippen MR) is 91.6 cm³/mol. The van der Waals surface area contributed by atoms with Gasteiger partial charge in [-0.3, -0.25) is 0 Å². The average molecular weight is 325 g/mol. The van der Waals surface area contributed by atoms with Crippen molar-refractivity contribution in [3.05, 3.63) is 76.9 Å². The monoisotopic (exact) mass is 325 g/mol. The number of phenols is 1. The van der Waals surface area contributed by atoms with Gasteiger partial charge in [-0.15, -0.1) is 0 Å². The number of nitrogens with zero attached hydrogens (tertiary/aromatic N) is 2. The molecular formula is C19H20FN3O. The molecule has 3 rings (SSSR count). The molecule has 0 aliphatic carbocycles. The number of nitrogens with one attached hydrogen (secondary N) is 1. The molecular weight excluding hydrogens is 305 g/mol. The van der Waals surface area contributed by atoms with Crippen LogP contribution in [0.25, 0.3) is 5.69 Å². The SMILES string of the molecule is Cc1cccc(-n2cc(CNCc3ccc(O)c(F)c3)c(C)n2)c1. The van der Waals surface area contributed by atoms with Gasteiger partial charge in [-0.2, -0.15) is 5.10 Å². The molecule has 1 aromatic heterocycles. The summed E-state index contributed by atoms with van der Waals surface area (Å²) >= 11 is 0. The van der Waals surface area contributed by atoms with E-state index in [1.807, 2.05) is 29.9 Å². The third-order valence-electron chi connectivity index (χ3n) is 3.92. The molecule has 0 saturated heterocycles. The van der Waals surface area contributed by atoms with E-state index in [2.05, 4.69) is 29.5 Å². The number of benzene rings is 2. The second kappa shape index (κ2) is 6.84. The van der Waals surface area contributed by atoms with E-state index in [0.29, 0.717) is 13.1 Å². The van der Waals surface area contributed by atoms with Crippen molar-refractivity contribution >= 4 is 0 Å². The van der Waals surface area contributed by atoms with Crippen LogP contribution in [0.1, 0.15) is 22.4 Å². The zero-order valence-corrected chi connectivity index (χ0v) is 13.8. The summed E-state index contributed by atoms with van der Waals surface area (Å²) in [7, 11) is 0. The Hall–Kier alpha value is -2.66. The van der Waals surface area contributed by atoms with Crippen molar-refractivity contribution in [1.82, 2.24) is 15.1 Å². The zero-order valence-electron chi connectivity index (χ0n) is 13.8. The molecule has 1 heterocycles. The van der Waals surface area contributed by atoms with Gasteiger partial charge in [0.05, 0.1) is 11.4 Å². The fourth-order valence-corrected chi connectivity index (χ4v) is 2.57. The van der Waals surface area contributed by atoms with Gasteiger partial charge in [-0.1, -0.05) is 18.2 Å². The van der Waals surface area contributed by atoms with Crippen LogP contribution in [0.15, 0.2) is 48.7 Å². The molecule has 0 aliphatic rings. The molecule has 0 saturated carbocycles. The van der Waals surface area contributed by atoms with Crippen LogP contribution in [0.3, 0.4) is 0 Å². The van der Waals surface area contributed by atoms with E-state index in [1.54, 1.807) is 6.07 Å². The number of phenolic OH excluding ortho intramolecular Hbond substituents is 1. The van der Waals surface area contributed by atoms with Crippen molar-refractivity contribution in [2.45, 2.75) is 26.9 Å². The van der Waals surface area contributed by atoms with Crippen LogP contribution in [0.2, 0.25) is 0 Å². The summed E-state index contributed by atoms with van der Waals surface area (Å²) in [6.07, 6.45) is 2.01. The quantitative estimate of drug-likeness (QED) is 0.753. The Morgan fingerprint density at radius 1 is 1.12 bits per heavy atom. The van der Waals surface area contributed by atoms with Gasteiger partial charge in [-0.05, 0) is 49.2 Å². The fraction of sp³-hybridized carbons (Fsp3) is 0.211. The van der Waals surface area contributed by atoms with E-state index in [9.17, 15) is 9.50 Å². The summed E-state index contributed by atoms with van der Waals surface area (Å²) in [6, 6.07) is 12.6. The van der Waals surface area contributed by atoms with E-state index in [1.165, 1.54) is 17.7 Å². The lowest BCUT2D eigenvalue weighted by molar-refractivity contribution is 0.431. The van der Waals surface area contributed by atoms with Crippen LogP contribution in [0, 0.1) is 19.7 Å². The fourth-order valence-electron chi connectivity index (χ4n) is 2.57. The van der Waals surface area contributed by atoms with Crippen LogP contribution in [-0.4, -0.2) is 14.9 Å². The van der Waals surface area contributed by atoms with Crippen LogP contribution in [0.4, 0.5) is 4.39 Å². The number of halogens is 1. The number of aromatic nitrogens is 2. The minimum Gasteiger partial charge on any atom is -0.505 e. The van der Waals surface area contributed by atoms with Gasteiger partial charge in [0.2, 0.25) is 0 Å². The maximum atomic E-state index is 13.3. The Morgan fingerprint density at radius 3 is 2.71 bits per heavy atom. The third kappa shape index (κ3) is 3.63. The van der Waals surface area contributed by atoms with Gasteiger partial charge in [0, 0.05) is 24.8 Å². The molecule has 2 N–H and O–H groups in total. The summed E-state index contributed by atoms with van der Waals surface area (Å²) in [6.45, 7) is 5.19. The van der Waals surface area contributed by atoms with Crippen LogP contribution >= 0.6 is 0 Å². The van der Waals surface area contributed by atoms with Gasteiger partial charge >= 0.3 is 0 Å². The molecule has 5 heteroatoms. The summed E-state index contributed by atoms with van der Waals surface area (Å²) in [5, 5.41) is 17.0. The highest BCUT2D eigenvalue weighted by Gasteiger charge is 2.07. The summed E-state index contributed by atoms with van der Waals surface area (Å²) in [5.74, 6) is -0.924. The van der Waals surface area contributed by atoms with Gasteiger partial charge < -0.3 is 10.4 Å². The minimum absolute atomic E-state index is 0.325. The Morgan fingerprint density at radius 2 is 1.96 bits per heavy atom. The molecule has 124 valence electrons. The first-order valence-corrected chi connectivity index (χ1v) is 7.83. The van der Waals surface area contributed by atoms with E-state index < -0.39 is 5.82 Å². The van der Waals surface area contributed by atoms with Gasteiger partial charge in [0.15, 0.2) is 11.6 Å². The van der Waals surface area contributed by atoms with Gasteiger partial charge in [0.1, 0.15) is 0 Å². The lowest BCUT2D eigenvalue weighted by atomic mass is 10.2. The summed E-state index contributed by atoms with van der Waals surface area (Å²) < 4.78 is 15.2. The highest BCUT2D eigenvalue weighted by atomic mass is 19.1. The van der Waals surface area contributed by atoms with Crippen molar-refractivity contribution in [2.75, 3.05) is 0 Å². The van der Waals surface area contributed by atoms with Gasteiger partial charge in [0.25, 0.3) is 0 Å². The lowest BCUT2D eigenvalue weighted by Gasteiger charge is -2.05. The van der Waals surface area contributed by atoms with Crippen LogP contribution in [-0.2, 0) is 13.1 Å². The molecule has 0 spiro atoms. The van der Waals surface area contributed by atoms with E-state index in [4.69, 9.17) is 0 Å². The maximum Gasteiger partial charge on any atom is 0.165 e. The Balaban J connectivity index is 1.66. The largest absolute Gasteiger partial charge is 0.505 e. The van der Waals surface area contributed by atoms with Crippen LogP contribution < -0.4 is 5.32 Å². The van der Waals surface area contributed by atoms with E-state index in [-0.39, 0.29) is 5.75 Å². The molecule has 24 heavy (non-hydrogen) atoms. The molecule has 3 aromatic rings. The lowest BCUT2D eigenvalue weighted by Crippen LogP contribution is -2.13. The molecule has 2 aromatic carbocycles. The second-order valence-electron chi connectivity index (χ2n) is 5.91. The number of aryl methyl sites for hydroxylation is 2. The topological polar surface area (TPSA) is 50.1 Å². The molecule has 0 unspecified atom stereocenters. The maximum absolute atomic E-state index is 13.3. The smallest absolute Gasteiger partial charge is 0.165 e. The highest BCUT2D eigenvalue weighted by molar-refractivity contribution is 5.36. The number of aromatic hydroxyl groups is 1. The minimum atomic E-state index is -0.599. The standard InChI is InChI=1S/C19H20FN3O/c1-13-4-3-5-17(8-13)23-12-16(14(2)22-23)11-21-10-15-6-7-19(24)18(20)9-15/h3-9,12,21,24H,10-11H2,1-2H3. The first-order chi connectivity index (χ1) is 11.5. The zero-order chi connectivity index (χ0) is 17.1. The molecule has 0 aliphatic heterocycles. The summed E-state index contributed by atoms with van der Waals surface area (Å²) in [4.78, 5) is 0. The van der Waals surface area contributed by atoms with E-state index in [0.717, 1.165) is 22.5 Å².